The van der Waals surface area contributed by atoms with Gasteiger partial charge in [-0.15, -0.1) is 0 Å². The summed E-state index contributed by atoms with van der Waals surface area (Å²) in [6.07, 6.45) is 6.68. The molecule has 0 saturated carbocycles. The van der Waals surface area contributed by atoms with Gasteiger partial charge in [-0.3, -0.25) is 4.79 Å². The quantitative estimate of drug-likeness (QED) is 0.399. The maximum absolute atomic E-state index is 11.3. The molecule has 0 aromatic heterocycles. The molecular weight excluding hydrogens is 232 g/mol. The lowest BCUT2D eigenvalue weighted by molar-refractivity contribution is -0.144. The van der Waals surface area contributed by atoms with Gasteiger partial charge in [0, 0.05) is 26.6 Å². The minimum Gasteiger partial charge on any atom is -0.466 e. The third-order valence-corrected chi connectivity index (χ3v) is 2.67. The van der Waals surface area contributed by atoms with Gasteiger partial charge in [0.25, 0.3) is 0 Å². The molecule has 0 saturated heterocycles. The van der Waals surface area contributed by atoms with Crippen LogP contribution in [-0.4, -0.2) is 32.1 Å². The van der Waals surface area contributed by atoms with Gasteiger partial charge in [0.05, 0.1) is 6.61 Å². The van der Waals surface area contributed by atoms with Crippen LogP contribution in [0.3, 0.4) is 0 Å². The molecule has 0 aliphatic rings. The Kier molecular flexibility index (Phi) is 11.9. The van der Waals surface area contributed by atoms with Crippen LogP contribution in [0.25, 0.3) is 0 Å². The van der Waals surface area contributed by atoms with E-state index in [4.69, 9.17) is 9.47 Å². The lowest BCUT2D eigenvalue weighted by atomic mass is 10.1. The van der Waals surface area contributed by atoms with E-state index < -0.39 is 0 Å². The molecular formula is C14H26O4. The number of methoxy groups -OCH3 is 1. The average molecular weight is 258 g/mol. The van der Waals surface area contributed by atoms with Crippen LogP contribution in [-0.2, 0) is 19.1 Å². The van der Waals surface area contributed by atoms with Gasteiger partial charge in [-0.1, -0.05) is 6.42 Å². The van der Waals surface area contributed by atoms with Crippen molar-refractivity contribution in [1.82, 2.24) is 0 Å². The Labute approximate surface area is 110 Å². The molecule has 0 unspecified atom stereocenters. The number of hydrogen-bond acceptors (Lipinski definition) is 4. The Morgan fingerprint density at radius 3 is 2.06 bits per heavy atom. The second-order valence-corrected chi connectivity index (χ2v) is 4.54. The van der Waals surface area contributed by atoms with Gasteiger partial charge in [-0.05, 0) is 39.0 Å². The summed E-state index contributed by atoms with van der Waals surface area (Å²) in [6.45, 7) is 2.89. The molecule has 0 spiro atoms. The van der Waals surface area contributed by atoms with Crippen molar-refractivity contribution in [3.8, 4) is 0 Å². The van der Waals surface area contributed by atoms with Crippen LogP contribution in [0.15, 0.2) is 0 Å². The summed E-state index contributed by atoms with van der Waals surface area (Å²) >= 11 is 0. The van der Waals surface area contributed by atoms with E-state index in [2.05, 4.69) is 0 Å². The minimum absolute atomic E-state index is 0.143. The van der Waals surface area contributed by atoms with Gasteiger partial charge in [0.2, 0.25) is 0 Å². The Hall–Kier alpha value is -0.900. The number of Topliss-reactive ketones (excluding diaryl/α,β-unsaturated/α-hetero) is 1. The van der Waals surface area contributed by atoms with Gasteiger partial charge in [-0.2, -0.15) is 0 Å². The van der Waals surface area contributed by atoms with Crippen LogP contribution in [0, 0.1) is 0 Å². The summed E-state index contributed by atoms with van der Waals surface area (Å²) in [5, 5.41) is 0. The minimum atomic E-state index is -0.143. The SMILES string of the molecule is COCCCCCCOC(=O)CCCCC(C)=O. The van der Waals surface area contributed by atoms with Crippen molar-refractivity contribution in [2.45, 2.75) is 58.3 Å². The van der Waals surface area contributed by atoms with Gasteiger partial charge >= 0.3 is 5.97 Å². The molecule has 0 aromatic rings. The van der Waals surface area contributed by atoms with E-state index in [0.29, 0.717) is 19.4 Å². The van der Waals surface area contributed by atoms with Crippen LogP contribution in [0.5, 0.6) is 0 Å². The molecule has 0 rings (SSSR count). The zero-order valence-electron chi connectivity index (χ0n) is 11.7. The highest BCUT2D eigenvalue weighted by Crippen LogP contribution is 2.04. The van der Waals surface area contributed by atoms with Crippen molar-refractivity contribution in [2.24, 2.45) is 0 Å². The predicted octanol–water partition coefficient (Wildman–Crippen LogP) is 2.89. The lowest BCUT2D eigenvalue weighted by Crippen LogP contribution is -2.06. The van der Waals surface area contributed by atoms with Crippen molar-refractivity contribution < 1.29 is 19.1 Å². The lowest BCUT2D eigenvalue weighted by Gasteiger charge is -2.04. The van der Waals surface area contributed by atoms with Crippen LogP contribution in [0.2, 0.25) is 0 Å². The number of rotatable bonds is 12. The first-order valence-electron chi connectivity index (χ1n) is 6.81. The number of ketones is 1. The number of carbonyl (C=O) groups is 2. The van der Waals surface area contributed by atoms with Crippen LogP contribution in [0.4, 0.5) is 0 Å². The van der Waals surface area contributed by atoms with Crippen molar-refractivity contribution in [3.05, 3.63) is 0 Å². The maximum Gasteiger partial charge on any atom is 0.305 e. The highest BCUT2D eigenvalue weighted by Gasteiger charge is 2.03. The average Bonchev–Trinajstić information content (AvgIpc) is 2.33. The zero-order valence-corrected chi connectivity index (χ0v) is 11.7. The number of unbranched alkanes of at least 4 members (excludes halogenated alkanes) is 4. The maximum atomic E-state index is 11.3. The first-order chi connectivity index (χ1) is 8.66. The standard InChI is InChI=1S/C14H26O4/c1-13(15)9-5-6-10-14(16)18-12-8-4-3-7-11-17-2/h3-12H2,1-2H3. The van der Waals surface area contributed by atoms with E-state index in [1.807, 2.05) is 0 Å². The number of esters is 1. The first kappa shape index (κ1) is 17.1. The Morgan fingerprint density at radius 2 is 1.44 bits per heavy atom. The first-order valence-corrected chi connectivity index (χ1v) is 6.81. The number of carbonyl (C=O) groups excluding carboxylic acids is 2. The Morgan fingerprint density at radius 1 is 0.833 bits per heavy atom. The van der Waals surface area contributed by atoms with Gasteiger partial charge in [0.15, 0.2) is 0 Å². The number of ether oxygens (including phenoxy) is 2. The summed E-state index contributed by atoms with van der Waals surface area (Å²) < 4.78 is 10.0. The molecule has 106 valence electrons. The summed E-state index contributed by atoms with van der Waals surface area (Å²) in [4.78, 5) is 22.0. The molecule has 4 nitrogen and oxygen atoms in total. The molecule has 18 heavy (non-hydrogen) atoms. The fourth-order valence-electron chi connectivity index (χ4n) is 1.60. The van der Waals surface area contributed by atoms with E-state index in [0.717, 1.165) is 45.1 Å². The second kappa shape index (κ2) is 12.6. The van der Waals surface area contributed by atoms with E-state index in [-0.39, 0.29) is 11.8 Å². The highest BCUT2D eigenvalue weighted by atomic mass is 16.5. The van der Waals surface area contributed by atoms with Crippen molar-refractivity contribution >= 4 is 11.8 Å². The fraction of sp³-hybridized carbons (Fsp3) is 0.857. The summed E-state index contributed by atoms with van der Waals surface area (Å²) in [7, 11) is 1.70. The zero-order chi connectivity index (χ0) is 13.6. The highest BCUT2D eigenvalue weighted by molar-refractivity contribution is 5.75. The monoisotopic (exact) mass is 258 g/mol. The molecule has 4 heteroatoms. The smallest absolute Gasteiger partial charge is 0.305 e. The van der Waals surface area contributed by atoms with E-state index in [1.165, 1.54) is 0 Å². The van der Waals surface area contributed by atoms with Crippen molar-refractivity contribution in [3.63, 3.8) is 0 Å². The molecule has 0 atom stereocenters. The second-order valence-electron chi connectivity index (χ2n) is 4.54. The Balaban J connectivity index is 3.19. The molecule has 0 radical (unpaired) electrons. The van der Waals surface area contributed by atoms with Crippen LogP contribution < -0.4 is 0 Å². The van der Waals surface area contributed by atoms with E-state index >= 15 is 0 Å². The van der Waals surface area contributed by atoms with Gasteiger partial charge in [0.1, 0.15) is 5.78 Å². The summed E-state index contributed by atoms with van der Waals surface area (Å²) in [5.41, 5.74) is 0. The molecule has 0 heterocycles. The van der Waals surface area contributed by atoms with Crippen LogP contribution >= 0.6 is 0 Å². The van der Waals surface area contributed by atoms with E-state index in [9.17, 15) is 9.59 Å². The van der Waals surface area contributed by atoms with Crippen LogP contribution in [0.1, 0.15) is 58.3 Å². The summed E-state index contributed by atoms with van der Waals surface area (Å²) in [6, 6.07) is 0. The molecule has 0 N–H and O–H groups in total. The molecule has 0 fully saturated rings. The molecule has 0 bridgehead atoms. The normalized spacial score (nSPS) is 10.3. The van der Waals surface area contributed by atoms with Gasteiger partial charge in [-0.25, -0.2) is 0 Å². The predicted molar refractivity (Wildman–Crippen MR) is 70.5 cm³/mol. The topological polar surface area (TPSA) is 52.6 Å². The fourth-order valence-corrected chi connectivity index (χ4v) is 1.60. The van der Waals surface area contributed by atoms with Gasteiger partial charge < -0.3 is 14.3 Å². The van der Waals surface area contributed by atoms with Crippen molar-refractivity contribution in [1.29, 1.82) is 0 Å². The van der Waals surface area contributed by atoms with E-state index in [1.54, 1.807) is 14.0 Å². The summed E-state index contributed by atoms with van der Waals surface area (Å²) in [5.74, 6) is 0.0369. The third-order valence-electron chi connectivity index (χ3n) is 2.67. The molecule has 0 aromatic carbocycles. The largest absolute Gasteiger partial charge is 0.466 e. The molecule has 0 amide bonds. The van der Waals surface area contributed by atoms with Crippen molar-refractivity contribution in [2.75, 3.05) is 20.3 Å². The Bertz CT molecular complexity index is 226. The molecule has 0 aliphatic heterocycles. The third kappa shape index (κ3) is 13.2. The molecule has 0 aliphatic carbocycles. The number of hydrogen-bond donors (Lipinski definition) is 0.